The Morgan fingerprint density at radius 1 is 1.21 bits per heavy atom. The molecule has 0 unspecified atom stereocenters. The fourth-order valence-electron chi connectivity index (χ4n) is 1.81. The standard InChI is InChI=1S/C13H20N6/c1-3-9-14-10-11-18(2)13-15-16-17-19(13)12-7-5-4-6-8-12/h4-8,14H,3,9-11H2,1-2H3. The molecule has 0 spiro atoms. The van der Waals surface area contributed by atoms with Gasteiger partial charge in [0.1, 0.15) is 0 Å². The van der Waals surface area contributed by atoms with Gasteiger partial charge in [-0.05, 0) is 35.5 Å². The summed E-state index contributed by atoms with van der Waals surface area (Å²) in [5.41, 5.74) is 0.968. The molecule has 1 aromatic heterocycles. The molecule has 0 fully saturated rings. The fourth-order valence-corrected chi connectivity index (χ4v) is 1.81. The third kappa shape index (κ3) is 3.51. The SMILES string of the molecule is CCCNCCN(C)c1nnnn1-c1ccccc1. The lowest BCUT2D eigenvalue weighted by atomic mass is 10.3. The van der Waals surface area contributed by atoms with Crippen LogP contribution in [0.3, 0.4) is 0 Å². The number of anilines is 1. The van der Waals surface area contributed by atoms with Gasteiger partial charge in [-0.25, -0.2) is 0 Å². The zero-order valence-corrected chi connectivity index (χ0v) is 11.5. The average molecular weight is 260 g/mol. The number of likely N-dealkylation sites (N-methyl/N-ethyl adjacent to an activating group) is 1. The summed E-state index contributed by atoms with van der Waals surface area (Å²) in [6.07, 6.45) is 1.14. The van der Waals surface area contributed by atoms with Crippen LogP contribution in [-0.2, 0) is 0 Å². The summed E-state index contributed by atoms with van der Waals surface area (Å²) < 4.78 is 1.75. The second-order valence-corrected chi connectivity index (χ2v) is 4.40. The molecule has 1 aromatic carbocycles. The lowest BCUT2D eigenvalue weighted by molar-refractivity contribution is 0.657. The van der Waals surface area contributed by atoms with E-state index < -0.39 is 0 Å². The molecule has 19 heavy (non-hydrogen) atoms. The van der Waals surface area contributed by atoms with Gasteiger partial charge < -0.3 is 10.2 Å². The van der Waals surface area contributed by atoms with Gasteiger partial charge in [0.15, 0.2) is 0 Å². The maximum Gasteiger partial charge on any atom is 0.250 e. The van der Waals surface area contributed by atoms with Gasteiger partial charge in [-0.15, -0.1) is 0 Å². The topological polar surface area (TPSA) is 58.9 Å². The third-order valence-electron chi connectivity index (χ3n) is 2.85. The molecule has 0 aliphatic carbocycles. The fraction of sp³-hybridized carbons (Fsp3) is 0.462. The van der Waals surface area contributed by atoms with Crippen LogP contribution in [0.15, 0.2) is 30.3 Å². The van der Waals surface area contributed by atoms with Crippen LogP contribution in [0, 0.1) is 0 Å². The summed E-state index contributed by atoms with van der Waals surface area (Å²) in [5.74, 6) is 0.754. The summed E-state index contributed by atoms with van der Waals surface area (Å²) in [6, 6.07) is 9.91. The van der Waals surface area contributed by atoms with Gasteiger partial charge >= 0.3 is 0 Å². The smallest absolute Gasteiger partial charge is 0.250 e. The second-order valence-electron chi connectivity index (χ2n) is 4.40. The predicted molar refractivity (Wildman–Crippen MR) is 75.6 cm³/mol. The van der Waals surface area contributed by atoms with E-state index in [-0.39, 0.29) is 0 Å². The molecule has 0 saturated carbocycles. The second kappa shape index (κ2) is 6.84. The Morgan fingerprint density at radius 3 is 2.74 bits per heavy atom. The van der Waals surface area contributed by atoms with E-state index in [2.05, 4.69) is 32.7 Å². The number of nitrogens with zero attached hydrogens (tertiary/aromatic N) is 5. The van der Waals surface area contributed by atoms with Crippen molar-refractivity contribution >= 4 is 5.95 Å². The third-order valence-corrected chi connectivity index (χ3v) is 2.85. The lowest BCUT2D eigenvalue weighted by Gasteiger charge is -2.17. The maximum atomic E-state index is 4.09. The Balaban J connectivity index is 2.03. The van der Waals surface area contributed by atoms with Crippen LogP contribution in [-0.4, -0.2) is 46.9 Å². The molecule has 0 aliphatic heterocycles. The number of para-hydroxylation sites is 1. The Labute approximate surface area is 113 Å². The van der Waals surface area contributed by atoms with Gasteiger partial charge in [0.05, 0.1) is 5.69 Å². The number of rotatable bonds is 7. The number of aromatic nitrogens is 4. The van der Waals surface area contributed by atoms with Gasteiger partial charge in [-0.3, -0.25) is 0 Å². The van der Waals surface area contributed by atoms with Crippen molar-refractivity contribution in [3.05, 3.63) is 30.3 Å². The van der Waals surface area contributed by atoms with E-state index in [4.69, 9.17) is 0 Å². The molecule has 6 nitrogen and oxygen atoms in total. The molecule has 102 valence electrons. The Hall–Kier alpha value is -1.95. The van der Waals surface area contributed by atoms with Crippen LogP contribution >= 0.6 is 0 Å². The molecule has 0 radical (unpaired) electrons. The minimum Gasteiger partial charge on any atom is -0.341 e. The van der Waals surface area contributed by atoms with Crippen LogP contribution < -0.4 is 10.2 Å². The first-order valence-electron chi connectivity index (χ1n) is 6.58. The van der Waals surface area contributed by atoms with Crippen molar-refractivity contribution in [1.29, 1.82) is 0 Å². The quantitative estimate of drug-likeness (QED) is 0.755. The summed E-state index contributed by atoms with van der Waals surface area (Å²) in [7, 11) is 2.00. The Morgan fingerprint density at radius 2 is 2.00 bits per heavy atom. The lowest BCUT2D eigenvalue weighted by Crippen LogP contribution is -2.31. The van der Waals surface area contributed by atoms with Crippen LogP contribution in [0.2, 0.25) is 0 Å². The highest BCUT2D eigenvalue weighted by Crippen LogP contribution is 2.13. The molecular weight excluding hydrogens is 240 g/mol. The average Bonchev–Trinajstić information content (AvgIpc) is 2.94. The first-order valence-corrected chi connectivity index (χ1v) is 6.58. The van der Waals surface area contributed by atoms with Gasteiger partial charge in [-0.2, -0.15) is 4.68 Å². The van der Waals surface area contributed by atoms with Crippen molar-refractivity contribution in [2.45, 2.75) is 13.3 Å². The normalized spacial score (nSPS) is 10.6. The molecule has 1 heterocycles. The minimum atomic E-state index is 0.754. The summed E-state index contributed by atoms with van der Waals surface area (Å²) in [4.78, 5) is 2.05. The van der Waals surface area contributed by atoms with E-state index in [0.29, 0.717) is 0 Å². The number of tetrazole rings is 1. The highest BCUT2D eigenvalue weighted by molar-refractivity contribution is 5.39. The van der Waals surface area contributed by atoms with Crippen LogP contribution in [0.5, 0.6) is 0 Å². The van der Waals surface area contributed by atoms with E-state index in [1.807, 2.05) is 37.4 Å². The summed E-state index contributed by atoms with van der Waals surface area (Å²) >= 11 is 0. The summed E-state index contributed by atoms with van der Waals surface area (Å²) in [5, 5.41) is 15.3. The number of hydrogen-bond donors (Lipinski definition) is 1. The van der Waals surface area contributed by atoms with Crippen molar-refractivity contribution in [2.24, 2.45) is 0 Å². The monoisotopic (exact) mass is 260 g/mol. The summed E-state index contributed by atoms with van der Waals surface area (Å²) in [6.45, 7) is 4.99. The molecular formula is C13H20N6. The van der Waals surface area contributed by atoms with Gasteiger partial charge in [-0.1, -0.05) is 30.2 Å². The maximum absolute atomic E-state index is 4.09. The van der Waals surface area contributed by atoms with Crippen molar-refractivity contribution < 1.29 is 0 Å². The Kier molecular flexibility index (Phi) is 4.85. The van der Waals surface area contributed by atoms with Crippen LogP contribution in [0.4, 0.5) is 5.95 Å². The highest BCUT2D eigenvalue weighted by atomic mass is 15.6. The van der Waals surface area contributed by atoms with E-state index in [1.54, 1.807) is 4.68 Å². The Bertz CT molecular complexity index is 481. The van der Waals surface area contributed by atoms with Gasteiger partial charge in [0.25, 0.3) is 0 Å². The first kappa shape index (κ1) is 13.5. The minimum absolute atomic E-state index is 0.754. The van der Waals surface area contributed by atoms with Crippen LogP contribution in [0.25, 0.3) is 5.69 Å². The van der Waals surface area contributed by atoms with Crippen molar-refractivity contribution in [3.63, 3.8) is 0 Å². The molecule has 6 heteroatoms. The number of hydrogen-bond acceptors (Lipinski definition) is 5. The molecule has 1 N–H and O–H groups in total. The van der Waals surface area contributed by atoms with E-state index in [0.717, 1.165) is 37.7 Å². The van der Waals surface area contributed by atoms with E-state index >= 15 is 0 Å². The van der Waals surface area contributed by atoms with E-state index in [9.17, 15) is 0 Å². The van der Waals surface area contributed by atoms with Crippen molar-refractivity contribution in [1.82, 2.24) is 25.5 Å². The van der Waals surface area contributed by atoms with E-state index in [1.165, 1.54) is 0 Å². The molecule has 0 saturated heterocycles. The highest BCUT2D eigenvalue weighted by Gasteiger charge is 2.11. The van der Waals surface area contributed by atoms with Crippen molar-refractivity contribution in [3.8, 4) is 5.69 Å². The van der Waals surface area contributed by atoms with Crippen LogP contribution in [0.1, 0.15) is 13.3 Å². The number of benzene rings is 1. The zero-order valence-electron chi connectivity index (χ0n) is 11.5. The first-order chi connectivity index (χ1) is 9.33. The molecule has 2 aromatic rings. The molecule has 0 bridgehead atoms. The van der Waals surface area contributed by atoms with Gasteiger partial charge in [0.2, 0.25) is 5.95 Å². The predicted octanol–water partition coefficient (Wildman–Crippen LogP) is 1.10. The zero-order chi connectivity index (χ0) is 13.5. The van der Waals surface area contributed by atoms with Crippen molar-refractivity contribution in [2.75, 3.05) is 31.6 Å². The molecule has 0 atom stereocenters. The molecule has 0 aliphatic rings. The van der Waals surface area contributed by atoms with Gasteiger partial charge in [0, 0.05) is 20.1 Å². The largest absolute Gasteiger partial charge is 0.341 e. The number of nitrogens with one attached hydrogen (secondary N) is 1. The molecule has 0 amide bonds. The molecule has 2 rings (SSSR count).